The Morgan fingerprint density at radius 3 is 2.45 bits per heavy atom. The lowest BCUT2D eigenvalue weighted by Crippen LogP contribution is -2.30. The van der Waals surface area contributed by atoms with Gasteiger partial charge >= 0.3 is 0 Å². The van der Waals surface area contributed by atoms with Crippen molar-refractivity contribution in [2.24, 2.45) is 17.6 Å². The molecule has 1 aliphatic carbocycles. The zero-order valence-electron chi connectivity index (χ0n) is 7.84. The summed E-state index contributed by atoms with van der Waals surface area (Å²) in [5.41, 5.74) is 5.94. The molecule has 1 saturated carbocycles. The molecular formula is C10H21N. The lowest BCUT2D eigenvalue weighted by Gasteiger charge is -2.30. The summed E-state index contributed by atoms with van der Waals surface area (Å²) in [6, 6.07) is 0.440. The van der Waals surface area contributed by atoms with Crippen molar-refractivity contribution in [1.82, 2.24) is 0 Å². The van der Waals surface area contributed by atoms with E-state index in [1.165, 1.54) is 25.7 Å². The third kappa shape index (κ3) is 2.48. The van der Waals surface area contributed by atoms with E-state index in [-0.39, 0.29) is 0 Å². The van der Waals surface area contributed by atoms with Gasteiger partial charge in [0, 0.05) is 6.04 Å². The summed E-state index contributed by atoms with van der Waals surface area (Å²) in [6.07, 6.45) is 6.88. The standard InChI is InChI=1S/C10H21N/c1-3-10(11)8(2)7-9-5-4-6-9/h8-10H,3-7,11H2,1-2H3. The highest BCUT2D eigenvalue weighted by Crippen LogP contribution is 2.32. The maximum Gasteiger partial charge on any atom is 0.00620 e. The van der Waals surface area contributed by atoms with Gasteiger partial charge in [0.05, 0.1) is 0 Å². The van der Waals surface area contributed by atoms with Gasteiger partial charge in [0.25, 0.3) is 0 Å². The van der Waals surface area contributed by atoms with Gasteiger partial charge in [0.2, 0.25) is 0 Å². The van der Waals surface area contributed by atoms with E-state index in [0.29, 0.717) is 6.04 Å². The fourth-order valence-corrected chi connectivity index (χ4v) is 1.83. The molecule has 2 N–H and O–H groups in total. The number of hydrogen-bond donors (Lipinski definition) is 1. The van der Waals surface area contributed by atoms with Crippen LogP contribution in [0, 0.1) is 11.8 Å². The van der Waals surface area contributed by atoms with Crippen molar-refractivity contribution in [2.75, 3.05) is 0 Å². The molecule has 0 aromatic rings. The van der Waals surface area contributed by atoms with Crippen LogP contribution in [0.15, 0.2) is 0 Å². The average Bonchev–Trinajstić information content (AvgIpc) is 1.94. The van der Waals surface area contributed by atoms with Crippen molar-refractivity contribution in [2.45, 2.75) is 52.0 Å². The number of nitrogens with two attached hydrogens (primary N) is 1. The van der Waals surface area contributed by atoms with Crippen molar-refractivity contribution < 1.29 is 0 Å². The highest BCUT2D eigenvalue weighted by Gasteiger charge is 2.22. The Morgan fingerprint density at radius 2 is 2.09 bits per heavy atom. The Balaban J connectivity index is 2.13. The first-order valence-electron chi connectivity index (χ1n) is 4.99. The second-order valence-corrected chi connectivity index (χ2v) is 4.08. The van der Waals surface area contributed by atoms with Gasteiger partial charge in [-0.2, -0.15) is 0 Å². The third-order valence-electron chi connectivity index (χ3n) is 3.13. The first kappa shape index (κ1) is 9.05. The van der Waals surface area contributed by atoms with Crippen LogP contribution in [-0.2, 0) is 0 Å². The lowest BCUT2D eigenvalue weighted by atomic mass is 9.77. The van der Waals surface area contributed by atoms with Crippen LogP contribution in [0.1, 0.15) is 46.0 Å². The predicted molar refractivity (Wildman–Crippen MR) is 49.4 cm³/mol. The van der Waals surface area contributed by atoms with Crippen LogP contribution >= 0.6 is 0 Å². The van der Waals surface area contributed by atoms with Gasteiger partial charge in [-0.1, -0.05) is 33.1 Å². The van der Waals surface area contributed by atoms with Crippen molar-refractivity contribution in [3.05, 3.63) is 0 Å². The molecule has 0 radical (unpaired) electrons. The van der Waals surface area contributed by atoms with E-state index in [4.69, 9.17) is 5.73 Å². The SMILES string of the molecule is CCC(N)C(C)CC1CCC1. The third-order valence-corrected chi connectivity index (χ3v) is 3.13. The second kappa shape index (κ2) is 4.10. The summed E-state index contributed by atoms with van der Waals surface area (Å²) in [7, 11) is 0. The minimum atomic E-state index is 0.440. The van der Waals surface area contributed by atoms with Crippen molar-refractivity contribution in [3.8, 4) is 0 Å². The smallest absolute Gasteiger partial charge is 0.00620 e. The summed E-state index contributed by atoms with van der Waals surface area (Å²) in [5, 5.41) is 0. The summed E-state index contributed by atoms with van der Waals surface area (Å²) in [5.74, 6) is 1.76. The van der Waals surface area contributed by atoms with E-state index in [0.717, 1.165) is 18.3 Å². The molecule has 0 saturated heterocycles. The maximum absolute atomic E-state index is 5.94. The van der Waals surface area contributed by atoms with Gasteiger partial charge in [-0.3, -0.25) is 0 Å². The molecular weight excluding hydrogens is 134 g/mol. The van der Waals surface area contributed by atoms with E-state index in [9.17, 15) is 0 Å². The van der Waals surface area contributed by atoms with Gasteiger partial charge < -0.3 is 5.73 Å². The zero-order chi connectivity index (χ0) is 8.27. The number of rotatable bonds is 4. The van der Waals surface area contributed by atoms with Crippen LogP contribution in [0.3, 0.4) is 0 Å². The van der Waals surface area contributed by atoms with Gasteiger partial charge in [0.1, 0.15) is 0 Å². The van der Waals surface area contributed by atoms with Crippen LogP contribution in [-0.4, -0.2) is 6.04 Å². The van der Waals surface area contributed by atoms with Crippen molar-refractivity contribution >= 4 is 0 Å². The average molecular weight is 155 g/mol. The quantitative estimate of drug-likeness (QED) is 0.663. The Bertz CT molecular complexity index is 107. The van der Waals surface area contributed by atoms with Crippen LogP contribution in [0.5, 0.6) is 0 Å². The van der Waals surface area contributed by atoms with Crippen molar-refractivity contribution in [3.63, 3.8) is 0 Å². The summed E-state index contributed by atoms with van der Waals surface area (Å²) < 4.78 is 0. The predicted octanol–water partition coefficient (Wildman–Crippen LogP) is 2.55. The van der Waals surface area contributed by atoms with Gasteiger partial charge in [-0.15, -0.1) is 0 Å². The first-order valence-corrected chi connectivity index (χ1v) is 4.99. The molecule has 1 aliphatic rings. The molecule has 0 spiro atoms. The topological polar surface area (TPSA) is 26.0 Å². The highest BCUT2D eigenvalue weighted by molar-refractivity contribution is 4.76. The molecule has 11 heavy (non-hydrogen) atoms. The lowest BCUT2D eigenvalue weighted by molar-refractivity contribution is 0.238. The van der Waals surface area contributed by atoms with E-state index >= 15 is 0 Å². The summed E-state index contributed by atoms with van der Waals surface area (Å²) in [4.78, 5) is 0. The zero-order valence-corrected chi connectivity index (χ0v) is 7.84. The minimum absolute atomic E-state index is 0.440. The van der Waals surface area contributed by atoms with E-state index in [2.05, 4.69) is 13.8 Å². The fourth-order valence-electron chi connectivity index (χ4n) is 1.83. The van der Waals surface area contributed by atoms with Gasteiger partial charge in [0.15, 0.2) is 0 Å². The van der Waals surface area contributed by atoms with Crippen LogP contribution in [0.25, 0.3) is 0 Å². The Labute approximate surface area is 70.4 Å². The van der Waals surface area contributed by atoms with Gasteiger partial charge in [-0.05, 0) is 24.7 Å². The van der Waals surface area contributed by atoms with E-state index in [1.807, 2.05) is 0 Å². The Kier molecular flexibility index (Phi) is 3.38. The molecule has 1 heteroatoms. The molecule has 2 atom stereocenters. The molecule has 0 aromatic carbocycles. The maximum atomic E-state index is 5.94. The van der Waals surface area contributed by atoms with Crippen LogP contribution < -0.4 is 5.73 Å². The van der Waals surface area contributed by atoms with Crippen molar-refractivity contribution in [1.29, 1.82) is 0 Å². The largest absolute Gasteiger partial charge is 0.327 e. The second-order valence-electron chi connectivity index (χ2n) is 4.08. The highest BCUT2D eigenvalue weighted by atomic mass is 14.6. The Hall–Kier alpha value is -0.0400. The normalized spacial score (nSPS) is 24.3. The molecule has 1 nitrogen and oxygen atoms in total. The molecule has 0 bridgehead atoms. The molecule has 0 aromatic heterocycles. The van der Waals surface area contributed by atoms with E-state index in [1.54, 1.807) is 0 Å². The van der Waals surface area contributed by atoms with Gasteiger partial charge in [-0.25, -0.2) is 0 Å². The number of hydrogen-bond acceptors (Lipinski definition) is 1. The molecule has 0 amide bonds. The Morgan fingerprint density at radius 1 is 1.45 bits per heavy atom. The first-order chi connectivity index (χ1) is 5.24. The fraction of sp³-hybridized carbons (Fsp3) is 1.00. The minimum Gasteiger partial charge on any atom is -0.327 e. The summed E-state index contributed by atoms with van der Waals surface area (Å²) in [6.45, 7) is 4.48. The van der Waals surface area contributed by atoms with Crippen LogP contribution in [0.2, 0.25) is 0 Å². The molecule has 0 heterocycles. The monoisotopic (exact) mass is 155 g/mol. The molecule has 66 valence electrons. The summed E-state index contributed by atoms with van der Waals surface area (Å²) >= 11 is 0. The molecule has 1 fully saturated rings. The van der Waals surface area contributed by atoms with E-state index < -0.39 is 0 Å². The van der Waals surface area contributed by atoms with Crippen LogP contribution in [0.4, 0.5) is 0 Å². The molecule has 0 aliphatic heterocycles. The molecule has 1 rings (SSSR count). The molecule has 2 unspecified atom stereocenters.